The van der Waals surface area contributed by atoms with Crippen molar-refractivity contribution < 1.29 is 0 Å². The van der Waals surface area contributed by atoms with Crippen LogP contribution in [-0.4, -0.2) is 0 Å². The summed E-state index contributed by atoms with van der Waals surface area (Å²) in [5, 5.41) is 0. The molecule has 0 spiro atoms. The van der Waals surface area contributed by atoms with E-state index in [1.165, 1.54) is 44.8 Å². The number of rotatable bonds is 5. The van der Waals surface area contributed by atoms with Crippen LogP contribution in [0.3, 0.4) is 0 Å². The Kier molecular flexibility index (Phi) is 6.04. The Labute approximate surface area is 186 Å². The summed E-state index contributed by atoms with van der Waals surface area (Å²) >= 11 is 0. The van der Waals surface area contributed by atoms with Crippen molar-refractivity contribution in [3.05, 3.63) is 124 Å². The zero-order valence-electron chi connectivity index (χ0n) is 18.8. The maximum Gasteiger partial charge on any atom is 0.0490 e. The van der Waals surface area contributed by atoms with Crippen LogP contribution < -0.4 is 4.90 Å². The number of hydrogen-bond donors (Lipinski definition) is 0. The maximum atomic E-state index is 2.35. The fourth-order valence-corrected chi connectivity index (χ4v) is 3.97. The minimum absolute atomic E-state index is 1.16. The topological polar surface area (TPSA) is 3.24 Å². The summed E-state index contributed by atoms with van der Waals surface area (Å²) in [5.41, 5.74) is 11.1. The van der Waals surface area contributed by atoms with Gasteiger partial charge < -0.3 is 4.90 Å². The van der Waals surface area contributed by atoms with Crippen LogP contribution in [0.4, 0.5) is 17.1 Å². The second kappa shape index (κ2) is 9.06. The van der Waals surface area contributed by atoms with Crippen molar-refractivity contribution in [2.75, 3.05) is 4.90 Å². The largest absolute Gasteiger partial charge is 0.310 e. The highest BCUT2D eigenvalue weighted by molar-refractivity contribution is 5.81. The first-order valence-electron chi connectivity index (χ1n) is 10.8. The fourth-order valence-electron chi connectivity index (χ4n) is 3.97. The Balaban J connectivity index is 1.69. The molecule has 0 aliphatic carbocycles. The molecular formula is C30H29N. The SMILES string of the molecule is Cc1ccc(/C=C/c2ccc(N(c3ccccc3C)c3ccccc3C)cc2)c(C)c1. The third-order valence-corrected chi connectivity index (χ3v) is 5.74. The van der Waals surface area contributed by atoms with Crippen LogP contribution >= 0.6 is 0 Å². The molecule has 1 heteroatoms. The maximum absolute atomic E-state index is 2.35. The minimum Gasteiger partial charge on any atom is -0.310 e. The average molecular weight is 404 g/mol. The van der Waals surface area contributed by atoms with Crippen LogP contribution in [0.25, 0.3) is 12.2 Å². The fraction of sp³-hybridized carbons (Fsp3) is 0.133. The van der Waals surface area contributed by atoms with Crippen molar-refractivity contribution in [2.45, 2.75) is 27.7 Å². The molecule has 1 nitrogen and oxygen atoms in total. The van der Waals surface area contributed by atoms with Gasteiger partial charge in [-0.3, -0.25) is 0 Å². The lowest BCUT2D eigenvalue weighted by atomic mass is 10.0. The van der Waals surface area contributed by atoms with E-state index in [0.717, 1.165) is 5.69 Å². The Hall–Kier alpha value is -3.58. The van der Waals surface area contributed by atoms with E-state index >= 15 is 0 Å². The molecule has 0 heterocycles. The second-order valence-corrected chi connectivity index (χ2v) is 8.19. The van der Waals surface area contributed by atoms with Crippen LogP contribution in [0.15, 0.2) is 91.0 Å². The standard InChI is InChI=1S/C30H29N/c1-22-13-17-27(25(4)21-22)18-14-26-15-19-28(20-16-26)31(29-11-7-5-9-23(29)2)30-12-8-6-10-24(30)3/h5-21H,1-4H3/b18-14+. The van der Waals surface area contributed by atoms with Gasteiger partial charge in [0.05, 0.1) is 0 Å². The molecule has 0 saturated carbocycles. The summed E-state index contributed by atoms with van der Waals surface area (Å²) in [6.45, 7) is 8.63. The minimum atomic E-state index is 1.16. The van der Waals surface area contributed by atoms with Gasteiger partial charge in [-0.25, -0.2) is 0 Å². The van der Waals surface area contributed by atoms with E-state index in [2.05, 4.69) is 136 Å². The quantitative estimate of drug-likeness (QED) is 0.302. The lowest BCUT2D eigenvalue weighted by Gasteiger charge is -2.28. The summed E-state index contributed by atoms with van der Waals surface area (Å²) in [6, 6.07) is 32.5. The van der Waals surface area contributed by atoms with E-state index in [1.54, 1.807) is 0 Å². The van der Waals surface area contributed by atoms with Crippen LogP contribution in [0.1, 0.15) is 33.4 Å². The smallest absolute Gasteiger partial charge is 0.0490 e. The number of para-hydroxylation sites is 2. The molecule has 0 bridgehead atoms. The first-order valence-corrected chi connectivity index (χ1v) is 10.8. The first-order chi connectivity index (χ1) is 15.0. The monoisotopic (exact) mass is 403 g/mol. The van der Waals surface area contributed by atoms with Gasteiger partial charge in [-0.15, -0.1) is 0 Å². The lowest BCUT2D eigenvalue weighted by Crippen LogP contribution is -2.12. The molecule has 0 fully saturated rings. The second-order valence-electron chi connectivity index (χ2n) is 8.19. The van der Waals surface area contributed by atoms with Gasteiger partial charge in [0.15, 0.2) is 0 Å². The molecule has 4 aromatic rings. The molecule has 4 aromatic carbocycles. The third kappa shape index (κ3) is 4.62. The Morgan fingerprint density at radius 2 is 1.13 bits per heavy atom. The van der Waals surface area contributed by atoms with Crippen LogP contribution in [0.2, 0.25) is 0 Å². The predicted molar refractivity (Wildman–Crippen MR) is 135 cm³/mol. The van der Waals surface area contributed by atoms with Crippen LogP contribution in [0, 0.1) is 27.7 Å². The summed E-state index contributed by atoms with van der Waals surface area (Å²) < 4.78 is 0. The Morgan fingerprint density at radius 1 is 0.548 bits per heavy atom. The van der Waals surface area contributed by atoms with Crippen molar-refractivity contribution in [1.29, 1.82) is 0 Å². The highest BCUT2D eigenvalue weighted by atomic mass is 15.1. The number of hydrogen-bond acceptors (Lipinski definition) is 1. The first kappa shape index (κ1) is 20.7. The molecule has 31 heavy (non-hydrogen) atoms. The van der Waals surface area contributed by atoms with Gasteiger partial charge in [-0.05, 0) is 79.8 Å². The molecule has 0 aliphatic rings. The van der Waals surface area contributed by atoms with E-state index in [-0.39, 0.29) is 0 Å². The van der Waals surface area contributed by atoms with Crippen molar-refractivity contribution in [3.8, 4) is 0 Å². The van der Waals surface area contributed by atoms with Gasteiger partial charge in [-0.1, -0.05) is 84.4 Å². The van der Waals surface area contributed by atoms with Gasteiger partial charge >= 0.3 is 0 Å². The van der Waals surface area contributed by atoms with E-state index in [9.17, 15) is 0 Å². The highest BCUT2D eigenvalue weighted by Gasteiger charge is 2.15. The average Bonchev–Trinajstić information content (AvgIpc) is 2.77. The van der Waals surface area contributed by atoms with Gasteiger partial charge in [0.2, 0.25) is 0 Å². The lowest BCUT2D eigenvalue weighted by molar-refractivity contribution is 1.22. The summed E-state index contributed by atoms with van der Waals surface area (Å²) in [4.78, 5) is 2.35. The van der Waals surface area contributed by atoms with Crippen molar-refractivity contribution in [2.24, 2.45) is 0 Å². The Morgan fingerprint density at radius 3 is 1.68 bits per heavy atom. The predicted octanol–water partition coefficient (Wildman–Crippen LogP) is 8.56. The summed E-state index contributed by atoms with van der Waals surface area (Å²) in [7, 11) is 0. The van der Waals surface area contributed by atoms with Crippen LogP contribution in [-0.2, 0) is 0 Å². The molecule has 154 valence electrons. The van der Waals surface area contributed by atoms with Crippen molar-refractivity contribution in [1.82, 2.24) is 0 Å². The number of anilines is 3. The molecule has 0 saturated heterocycles. The molecule has 0 aromatic heterocycles. The number of aryl methyl sites for hydroxylation is 4. The molecule has 0 radical (unpaired) electrons. The normalized spacial score (nSPS) is 11.1. The molecule has 0 atom stereocenters. The van der Waals surface area contributed by atoms with E-state index < -0.39 is 0 Å². The molecule has 0 N–H and O–H groups in total. The zero-order valence-corrected chi connectivity index (χ0v) is 18.8. The summed E-state index contributed by atoms with van der Waals surface area (Å²) in [5.74, 6) is 0. The van der Waals surface area contributed by atoms with Crippen LogP contribution in [0.5, 0.6) is 0 Å². The molecule has 0 amide bonds. The van der Waals surface area contributed by atoms with Crippen molar-refractivity contribution in [3.63, 3.8) is 0 Å². The van der Waals surface area contributed by atoms with E-state index in [4.69, 9.17) is 0 Å². The molecule has 0 aliphatic heterocycles. The van der Waals surface area contributed by atoms with Crippen molar-refractivity contribution >= 4 is 29.2 Å². The summed E-state index contributed by atoms with van der Waals surface area (Å²) in [6.07, 6.45) is 4.39. The van der Waals surface area contributed by atoms with Gasteiger partial charge in [0.1, 0.15) is 0 Å². The van der Waals surface area contributed by atoms with E-state index in [0.29, 0.717) is 0 Å². The molecule has 4 rings (SSSR count). The van der Waals surface area contributed by atoms with E-state index in [1.807, 2.05) is 0 Å². The molecule has 0 unspecified atom stereocenters. The van der Waals surface area contributed by atoms with Gasteiger partial charge in [-0.2, -0.15) is 0 Å². The Bertz CT molecular complexity index is 1170. The van der Waals surface area contributed by atoms with Gasteiger partial charge in [0.25, 0.3) is 0 Å². The highest BCUT2D eigenvalue weighted by Crippen LogP contribution is 2.38. The number of nitrogens with zero attached hydrogens (tertiary/aromatic N) is 1. The third-order valence-electron chi connectivity index (χ3n) is 5.74. The van der Waals surface area contributed by atoms with Gasteiger partial charge in [0, 0.05) is 17.1 Å². The molecular weight excluding hydrogens is 374 g/mol. The number of benzene rings is 4. The zero-order chi connectivity index (χ0) is 21.8.